The lowest BCUT2D eigenvalue weighted by Crippen LogP contribution is -2.56. The van der Waals surface area contributed by atoms with Gasteiger partial charge in [-0.15, -0.1) is 0 Å². The summed E-state index contributed by atoms with van der Waals surface area (Å²) in [4.78, 5) is 9.65. The van der Waals surface area contributed by atoms with Crippen LogP contribution in [0.1, 0.15) is 50.2 Å². The summed E-state index contributed by atoms with van der Waals surface area (Å²) in [6.07, 6.45) is 6.54. The lowest BCUT2D eigenvalue weighted by Gasteiger charge is -2.47. The molecule has 2 atom stereocenters. The summed E-state index contributed by atoms with van der Waals surface area (Å²) in [5.74, 6) is 0.959. The minimum Gasteiger partial charge on any atom is -0.378 e. The van der Waals surface area contributed by atoms with Crippen LogP contribution in [0.15, 0.2) is 23.2 Å². The maximum Gasteiger partial charge on any atom is 0.191 e. The zero-order valence-corrected chi connectivity index (χ0v) is 17.8. The molecule has 0 saturated carbocycles. The Morgan fingerprint density at radius 2 is 1.93 bits per heavy atom. The second kappa shape index (κ2) is 8.96. The first-order valence-electron chi connectivity index (χ1n) is 10.5. The maximum absolute atomic E-state index is 4.89. The molecule has 0 aliphatic carbocycles. The molecule has 2 aliphatic rings. The van der Waals surface area contributed by atoms with Gasteiger partial charge >= 0.3 is 0 Å². The van der Waals surface area contributed by atoms with Crippen molar-refractivity contribution in [1.29, 1.82) is 0 Å². The molecule has 0 aromatic heterocycles. The molecule has 150 valence electrons. The second-order valence-corrected chi connectivity index (χ2v) is 8.42. The van der Waals surface area contributed by atoms with Gasteiger partial charge in [-0.2, -0.15) is 0 Å². The molecule has 3 rings (SSSR count). The van der Waals surface area contributed by atoms with Crippen LogP contribution in [0, 0.1) is 6.92 Å². The van der Waals surface area contributed by atoms with Gasteiger partial charge in [0, 0.05) is 44.5 Å². The van der Waals surface area contributed by atoms with E-state index in [2.05, 4.69) is 73.6 Å². The van der Waals surface area contributed by atoms with Gasteiger partial charge in [0.2, 0.25) is 0 Å². The van der Waals surface area contributed by atoms with Crippen molar-refractivity contribution in [2.24, 2.45) is 4.99 Å². The zero-order chi connectivity index (χ0) is 19.4. The Bertz CT molecular complexity index is 640. The van der Waals surface area contributed by atoms with E-state index in [1.807, 2.05) is 0 Å². The highest BCUT2D eigenvalue weighted by molar-refractivity contribution is 5.80. The van der Waals surface area contributed by atoms with Crippen LogP contribution in [0.2, 0.25) is 0 Å². The molecule has 5 nitrogen and oxygen atoms in total. The number of guanidine groups is 1. The number of aliphatic imine (C=N–C) groups is 1. The number of rotatable bonds is 5. The van der Waals surface area contributed by atoms with Crippen LogP contribution < -0.4 is 15.5 Å². The van der Waals surface area contributed by atoms with Crippen LogP contribution in [0.25, 0.3) is 0 Å². The fraction of sp³-hybridized carbons (Fsp3) is 0.682. The molecular formula is C22H37N5. The van der Waals surface area contributed by atoms with Crippen molar-refractivity contribution >= 4 is 11.6 Å². The number of nitrogens with one attached hydrogen (secondary N) is 2. The highest BCUT2D eigenvalue weighted by Crippen LogP contribution is 2.32. The van der Waals surface area contributed by atoms with Gasteiger partial charge < -0.3 is 20.4 Å². The Morgan fingerprint density at radius 3 is 2.52 bits per heavy atom. The molecule has 0 spiro atoms. The minimum absolute atomic E-state index is 0.534. The maximum atomic E-state index is 4.89. The second-order valence-electron chi connectivity index (χ2n) is 8.42. The third-order valence-electron chi connectivity index (χ3n) is 6.27. The predicted octanol–water partition coefficient (Wildman–Crippen LogP) is 3.13. The van der Waals surface area contributed by atoms with E-state index in [-0.39, 0.29) is 0 Å². The van der Waals surface area contributed by atoms with E-state index in [1.165, 1.54) is 48.9 Å². The Hall–Kier alpha value is -1.75. The topological polar surface area (TPSA) is 42.9 Å². The third-order valence-corrected chi connectivity index (χ3v) is 6.27. The number of hydrogen-bond acceptors (Lipinski definition) is 3. The zero-order valence-electron chi connectivity index (χ0n) is 17.8. The van der Waals surface area contributed by atoms with E-state index >= 15 is 0 Å². The number of aryl methyl sites for hydroxylation is 1. The highest BCUT2D eigenvalue weighted by Gasteiger charge is 2.36. The molecule has 0 radical (unpaired) electrons. The quantitative estimate of drug-likeness (QED) is 0.616. The van der Waals surface area contributed by atoms with Crippen molar-refractivity contribution in [2.45, 2.75) is 70.6 Å². The van der Waals surface area contributed by atoms with E-state index < -0.39 is 0 Å². The molecule has 2 aliphatic heterocycles. The summed E-state index contributed by atoms with van der Waals surface area (Å²) >= 11 is 0. The summed E-state index contributed by atoms with van der Waals surface area (Å²) < 4.78 is 0. The summed E-state index contributed by atoms with van der Waals surface area (Å²) in [5, 5.41) is 7.17. The van der Waals surface area contributed by atoms with Gasteiger partial charge in [-0.25, -0.2) is 4.99 Å². The van der Waals surface area contributed by atoms with E-state index in [1.54, 1.807) is 0 Å². The monoisotopic (exact) mass is 371 g/mol. The molecule has 2 saturated heterocycles. The van der Waals surface area contributed by atoms with Gasteiger partial charge in [0.15, 0.2) is 5.96 Å². The molecule has 2 bridgehead atoms. The first-order valence-corrected chi connectivity index (χ1v) is 10.5. The van der Waals surface area contributed by atoms with Crippen LogP contribution in [-0.4, -0.2) is 56.7 Å². The summed E-state index contributed by atoms with van der Waals surface area (Å²) in [6.45, 7) is 5.92. The Morgan fingerprint density at radius 1 is 1.22 bits per heavy atom. The summed E-state index contributed by atoms with van der Waals surface area (Å²) in [5.41, 5.74) is 3.83. The van der Waals surface area contributed by atoms with Crippen molar-refractivity contribution in [3.63, 3.8) is 0 Å². The number of hydrogen-bond donors (Lipinski definition) is 2. The minimum atomic E-state index is 0.534. The van der Waals surface area contributed by atoms with Crippen molar-refractivity contribution < 1.29 is 0 Å². The predicted molar refractivity (Wildman–Crippen MR) is 116 cm³/mol. The normalized spacial score (nSPS) is 26.0. The fourth-order valence-corrected chi connectivity index (χ4v) is 4.55. The standard InChI is InChI=1S/C22H37N5/c1-6-23-22(24-15-17-10-11-19(26(3)4)12-16(17)2)25-18-13-20-8-7-9-21(14-18)27(20)5/h10-12,18,20-21H,6-9,13-15H2,1-5H3,(H2,23,24,25). The lowest BCUT2D eigenvalue weighted by atomic mass is 9.82. The third kappa shape index (κ3) is 4.95. The molecule has 1 aromatic carbocycles. The molecule has 2 heterocycles. The van der Waals surface area contributed by atoms with Crippen LogP contribution >= 0.6 is 0 Å². The first-order chi connectivity index (χ1) is 13.0. The molecule has 5 heteroatoms. The SMILES string of the molecule is CCNC(=NCc1ccc(N(C)C)cc1C)NC1CC2CCCC(C1)N2C. The van der Waals surface area contributed by atoms with E-state index in [0.29, 0.717) is 12.6 Å². The van der Waals surface area contributed by atoms with Gasteiger partial charge in [0.1, 0.15) is 0 Å². The van der Waals surface area contributed by atoms with Gasteiger partial charge in [-0.05, 0) is 69.8 Å². The fourth-order valence-electron chi connectivity index (χ4n) is 4.55. The van der Waals surface area contributed by atoms with E-state index in [9.17, 15) is 0 Å². The first kappa shape index (κ1) is 20.0. The Labute approximate surface area is 165 Å². The average Bonchev–Trinajstić information content (AvgIpc) is 2.61. The smallest absolute Gasteiger partial charge is 0.191 e. The molecular weight excluding hydrogens is 334 g/mol. The van der Waals surface area contributed by atoms with E-state index in [4.69, 9.17) is 4.99 Å². The molecule has 2 fully saturated rings. The largest absolute Gasteiger partial charge is 0.378 e. The highest BCUT2D eigenvalue weighted by atomic mass is 15.2. The molecule has 2 unspecified atom stereocenters. The molecule has 27 heavy (non-hydrogen) atoms. The molecule has 2 N–H and O–H groups in total. The van der Waals surface area contributed by atoms with Crippen LogP contribution in [0.5, 0.6) is 0 Å². The Kier molecular flexibility index (Phi) is 6.64. The number of fused-ring (bicyclic) bond motifs is 2. The van der Waals surface area contributed by atoms with Gasteiger partial charge in [-0.1, -0.05) is 12.5 Å². The van der Waals surface area contributed by atoms with Gasteiger partial charge in [0.25, 0.3) is 0 Å². The number of anilines is 1. The van der Waals surface area contributed by atoms with Crippen LogP contribution in [-0.2, 0) is 6.54 Å². The molecule has 1 aromatic rings. The van der Waals surface area contributed by atoms with Crippen molar-refractivity contribution in [3.8, 4) is 0 Å². The van der Waals surface area contributed by atoms with Gasteiger partial charge in [-0.3, -0.25) is 0 Å². The van der Waals surface area contributed by atoms with Gasteiger partial charge in [0.05, 0.1) is 6.54 Å². The van der Waals surface area contributed by atoms with Crippen molar-refractivity contribution in [2.75, 3.05) is 32.6 Å². The van der Waals surface area contributed by atoms with Crippen molar-refractivity contribution in [1.82, 2.24) is 15.5 Å². The van der Waals surface area contributed by atoms with Crippen LogP contribution in [0.4, 0.5) is 5.69 Å². The summed E-state index contributed by atoms with van der Waals surface area (Å²) in [6, 6.07) is 8.63. The lowest BCUT2D eigenvalue weighted by molar-refractivity contribution is 0.0526. The van der Waals surface area contributed by atoms with E-state index in [0.717, 1.165) is 24.6 Å². The summed E-state index contributed by atoms with van der Waals surface area (Å²) in [7, 11) is 6.47. The van der Waals surface area contributed by atoms with Crippen LogP contribution in [0.3, 0.4) is 0 Å². The average molecular weight is 372 g/mol. The Balaban J connectivity index is 1.65. The number of benzene rings is 1. The number of nitrogens with zero attached hydrogens (tertiary/aromatic N) is 3. The number of piperidine rings is 2. The molecule has 0 amide bonds. The van der Waals surface area contributed by atoms with Crippen molar-refractivity contribution in [3.05, 3.63) is 29.3 Å².